The number of pyridine rings is 1. The number of nitrogens with one attached hydrogen (secondary N) is 1. The quantitative estimate of drug-likeness (QED) is 0.747. The van der Waals surface area contributed by atoms with Gasteiger partial charge in [-0.2, -0.15) is 0 Å². The fraction of sp³-hybridized carbons (Fsp3) is 0.350. The van der Waals surface area contributed by atoms with E-state index in [2.05, 4.69) is 10.3 Å². The summed E-state index contributed by atoms with van der Waals surface area (Å²) in [5, 5.41) is 2.58. The van der Waals surface area contributed by atoms with Crippen LogP contribution in [-0.2, 0) is 9.59 Å². The number of carbonyl (C=O) groups is 2. The van der Waals surface area contributed by atoms with Crippen LogP contribution in [0.1, 0.15) is 36.9 Å². The van der Waals surface area contributed by atoms with Gasteiger partial charge in [0.25, 0.3) is 0 Å². The highest BCUT2D eigenvalue weighted by Crippen LogP contribution is 2.35. The number of anilines is 2. The molecule has 0 unspecified atom stereocenters. The van der Waals surface area contributed by atoms with Crippen molar-refractivity contribution in [3.8, 4) is 0 Å². The lowest BCUT2D eigenvalue weighted by Crippen LogP contribution is -2.46. The molecule has 1 aliphatic rings. The van der Waals surface area contributed by atoms with Crippen LogP contribution in [0.2, 0.25) is 5.02 Å². The first kappa shape index (κ1) is 20.1. The molecule has 2 amide bonds. The number of nitrogens with two attached hydrogens (primary N) is 1. The van der Waals surface area contributed by atoms with Gasteiger partial charge in [0.15, 0.2) is 0 Å². The molecule has 2 heterocycles. The zero-order valence-corrected chi connectivity index (χ0v) is 16.5. The van der Waals surface area contributed by atoms with E-state index in [0.29, 0.717) is 35.6 Å². The molecule has 8 heteroatoms. The molecule has 1 fully saturated rings. The second kappa shape index (κ2) is 8.14. The number of aromatic nitrogens is 1. The van der Waals surface area contributed by atoms with Crippen LogP contribution in [0.5, 0.6) is 0 Å². The lowest BCUT2D eigenvalue weighted by Gasteiger charge is -2.38. The minimum atomic E-state index is -0.752. The maximum Gasteiger partial charge on any atom is 0.313 e. The molecule has 1 aliphatic heterocycles. The Morgan fingerprint density at radius 1 is 1.32 bits per heavy atom. The number of halogens is 2. The highest BCUT2D eigenvalue weighted by Gasteiger charge is 2.34. The molecule has 0 radical (unpaired) electrons. The first-order valence-corrected chi connectivity index (χ1v) is 9.43. The zero-order chi connectivity index (χ0) is 20.4. The number of nitrogen functional groups attached to an aromatic ring is 1. The van der Waals surface area contributed by atoms with Crippen LogP contribution in [0, 0.1) is 18.7 Å². The summed E-state index contributed by atoms with van der Waals surface area (Å²) in [5.41, 5.74) is 7.50. The van der Waals surface area contributed by atoms with E-state index in [0.717, 1.165) is 6.42 Å². The van der Waals surface area contributed by atoms with Crippen molar-refractivity contribution in [1.29, 1.82) is 0 Å². The van der Waals surface area contributed by atoms with Gasteiger partial charge in [0.05, 0.1) is 22.9 Å². The highest BCUT2D eigenvalue weighted by molar-refractivity contribution is 6.39. The lowest BCUT2D eigenvalue weighted by atomic mass is 9.89. The maximum atomic E-state index is 13.5. The Morgan fingerprint density at radius 2 is 2.07 bits per heavy atom. The predicted molar refractivity (Wildman–Crippen MR) is 106 cm³/mol. The molecule has 148 valence electrons. The van der Waals surface area contributed by atoms with Gasteiger partial charge in [-0.1, -0.05) is 24.6 Å². The molecule has 2 aromatic rings. The summed E-state index contributed by atoms with van der Waals surface area (Å²) in [4.78, 5) is 31.0. The normalized spacial score (nSPS) is 19.4. The van der Waals surface area contributed by atoms with Crippen LogP contribution in [0.4, 0.5) is 15.9 Å². The molecule has 0 bridgehead atoms. The SMILES string of the molecule is Cc1cc(NC(=O)C(=O)N2C[C@@H](C)CC[C@@H]2c2ccc(F)c(Cl)c2)cnc1N. The summed E-state index contributed by atoms with van der Waals surface area (Å²) >= 11 is 5.91. The van der Waals surface area contributed by atoms with Crippen molar-refractivity contribution in [2.24, 2.45) is 5.92 Å². The number of hydrogen-bond acceptors (Lipinski definition) is 4. The largest absolute Gasteiger partial charge is 0.383 e. The average Bonchev–Trinajstić information content (AvgIpc) is 2.66. The topological polar surface area (TPSA) is 88.3 Å². The van der Waals surface area contributed by atoms with E-state index < -0.39 is 17.6 Å². The monoisotopic (exact) mass is 404 g/mol. The molecule has 1 aromatic carbocycles. The Kier molecular flexibility index (Phi) is 5.84. The van der Waals surface area contributed by atoms with Gasteiger partial charge in [-0.05, 0) is 55.0 Å². The van der Waals surface area contributed by atoms with Crippen LogP contribution in [0.15, 0.2) is 30.5 Å². The van der Waals surface area contributed by atoms with Crippen molar-refractivity contribution >= 4 is 34.9 Å². The molecule has 3 N–H and O–H groups in total. The zero-order valence-electron chi connectivity index (χ0n) is 15.7. The second-order valence-corrected chi connectivity index (χ2v) is 7.62. The summed E-state index contributed by atoms with van der Waals surface area (Å²) in [6.45, 7) is 4.23. The number of piperidine rings is 1. The average molecular weight is 405 g/mol. The van der Waals surface area contributed by atoms with E-state index >= 15 is 0 Å². The van der Waals surface area contributed by atoms with E-state index in [9.17, 15) is 14.0 Å². The van der Waals surface area contributed by atoms with Crippen molar-refractivity contribution in [2.75, 3.05) is 17.6 Å². The molecule has 0 spiro atoms. The Morgan fingerprint density at radius 3 is 2.75 bits per heavy atom. The van der Waals surface area contributed by atoms with Crippen molar-refractivity contribution in [2.45, 2.75) is 32.7 Å². The summed E-state index contributed by atoms with van der Waals surface area (Å²) in [6.07, 6.45) is 2.97. The molecule has 1 aromatic heterocycles. The van der Waals surface area contributed by atoms with Gasteiger partial charge >= 0.3 is 11.8 Å². The van der Waals surface area contributed by atoms with Crippen molar-refractivity contribution < 1.29 is 14.0 Å². The lowest BCUT2D eigenvalue weighted by molar-refractivity contribution is -0.146. The number of rotatable bonds is 2. The number of carbonyl (C=O) groups excluding carboxylic acids is 2. The summed E-state index contributed by atoms with van der Waals surface area (Å²) in [6, 6.07) is 5.72. The Labute approximate surface area is 167 Å². The van der Waals surface area contributed by atoms with Crippen LogP contribution in [0.3, 0.4) is 0 Å². The molecule has 6 nitrogen and oxygen atoms in total. The third kappa shape index (κ3) is 4.25. The molecular formula is C20H22ClFN4O2. The van der Waals surface area contributed by atoms with Gasteiger partial charge in [-0.3, -0.25) is 9.59 Å². The summed E-state index contributed by atoms with van der Waals surface area (Å²) in [5.74, 6) is -1.30. The van der Waals surface area contributed by atoms with Gasteiger partial charge in [0.1, 0.15) is 11.6 Å². The van der Waals surface area contributed by atoms with E-state index in [1.54, 1.807) is 19.1 Å². The van der Waals surface area contributed by atoms with Gasteiger partial charge in [-0.25, -0.2) is 9.37 Å². The highest BCUT2D eigenvalue weighted by atomic mass is 35.5. The fourth-order valence-corrected chi connectivity index (χ4v) is 3.60. The molecule has 0 aliphatic carbocycles. The third-order valence-electron chi connectivity index (χ3n) is 4.98. The summed E-state index contributed by atoms with van der Waals surface area (Å²) in [7, 11) is 0. The van der Waals surface area contributed by atoms with Crippen LogP contribution in [0.25, 0.3) is 0 Å². The van der Waals surface area contributed by atoms with E-state index in [1.807, 2.05) is 6.92 Å². The maximum absolute atomic E-state index is 13.5. The number of hydrogen-bond donors (Lipinski definition) is 2. The molecule has 28 heavy (non-hydrogen) atoms. The number of nitrogens with zero attached hydrogens (tertiary/aromatic N) is 2. The number of amides is 2. The predicted octanol–water partition coefficient (Wildman–Crippen LogP) is 3.70. The van der Waals surface area contributed by atoms with Crippen molar-refractivity contribution in [3.63, 3.8) is 0 Å². The van der Waals surface area contributed by atoms with Gasteiger partial charge in [0.2, 0.25) is 0 Å². The van der Waals surface area contributed by atoms with E-state index in [1.165, 1.54) is 23.2 Å². The van der Waals surface area contributed by atoms with E-state index in [4.69, 9.17) is 17.3 Å². The first-order chi connectivity index (χ1) is 13.3. The van der Waals surface area contributed by atoms with Gasteiger partial charge < -0.3 is 16.0 Å². The Bertz CT molecular complexity index is 921. The minimum Gasteiger partial charge on any atom is -0.383 e. The van der Waals surface area contributed by atoms with Gasteiger partial charge in [0, 0.05) is 6.54 Å². The standard InChI is InChI=1S/C20H22ClFN4O2/c1-11-3-6-17(13-4-5-16(22)15(21)8-13)26(10-11)20(28)19(27)25-14-7-12(2)18(23)24-9-14/h4-5,7-9,11,17H,3,6,10H2,1-2H3,(H2,23,24)(H,25,27)/t11-,17+/m0/s1. The molecule has 2 atom stereocenters. The molecule has 1 saturated heterocycles. The Hall–Kier alpha value is -2.67. The smallest absolute Gasteiger partial charge is 0.313 e. The molecule has 0 saturated carbocycles. The van der Waals surface area contributed by atoms with E-state index in [-0.39, 0.29) is 17.0 Å². The minimum absolute atomic E-state index is 0.00334. The number of aryl methyl sites for hydroxylation is 1. The first-order valence-electron chi connectivity index (χ1n) is 9.05. The van der Waals surface area contributed by atoms with Crippen molar-refractivity contribution in [3.05, 3.63) is 52.4 Å². The second-order valence-electron chi connectivity index (χ2n) is 7.21. The fourth-order valence-electron chi connectivity index (χ4n) is 3.41. The van der Waals surface area contributed by atoms with Crippen molar-refractivity contribution in [1.82, 2.24) is 9.88 Å². The van der Waals surface area contributed by atoms with Gasteiger partial charge in [-0.15, -0.1) is 0 Å². The summed E-state index contributed by atoms with van der Waals surface area (Å²) < 4.78 is 13.5. The number of benzene rings is 1. The van der Waals surface area contributed by atoms with Crippen LogP contribution < -0.4 is 11.1 Å². The van der Waals surface area contributed by atoms with Crippen LogP contribution >= 0.6 is 11.6 Å². The number of likely N-dealkylation sites (tertiary alicyclic amines) is 1. The van der Waals surface area contributed by atoms with Crippen LogP contribution in [-0.4, -0.2) is 28.2 Å². The third-order valence-corrected chi connectivity index (χ3v) is 5.27. The molecular weight excluding hydrogens is 383 g/mol. The Balaban J connectivity index is 1.82. The molecule has 3 rings (SSSR count).